The topological polar surface area (TPSA) is 47.3 Å². The number of aromatic hydroxyl groups is 1. The molecule has 20 heavy (non-hydrogen) atoms. The molecule has 1 heterocycles. The summed E-state index contributed by atoms with van der Waals surface area (Å²) in [5.74, 6) is 0.800. The number of phenolic OH excluding ortho intramolecular Hbond substituents is 1. The molecule has 2 aromatic carbocycles. The number of hydrogen-bond donors (Lipinski definition) is 1. The number of aromatic nitrogens is 2. The predicted octanol–water partition coefficient (Wildman–Crippen LogP) is 3.61. The minimum atomic E-state index is 0.144. The zero-order valence-electron chi connectivity index (χ0n) is 11.1. The van der Waals surface area contributed by atoms with Gasteiger partial charge in [-0.15, -0.1) is 0 Å². The second-order valence-corrected chi connectivity index (χ2v) is 4.90. The monoisotopic (exact) mass is 288 g/mol. The lowest BCUT2D eigenvalue weighted by atomic mass is 10.1. The summed E-state index contributed by atoms with van der Waals surface area (Å²) in [6.45, 7) is 0. The van der Waals surface area contributed by atoms with Crippen LogP contribution in [0, 0.1) is 0 Å². The van der Waals surface area contributed by atoms with E-state index in [1.165, 1.54) is 0 Å². The smallest absolute Gasteiger partial charge is 0.125 e. The molecule has 0 atom stereocenters. The highest BCUT2D eigenvalue weighted by Crippen LogP contribution is 2.38. The highest BCUT2D eigenvalue weighted by Gasteiger charge is 2.17. The summed E-state index contributed by atoms with van der Waals surface area (Å²) in [7, 11) is 3.43. The highest BCUT2D eigenvalue weighted by molar-refractivity contribution is 6.36. The van der Waals surface area contributed by atoms with E-state index in [2.05, 4.69) is 5.10 Å². The molecule has 0 aliphatic rings. The first kappa shape index (κ1) is 12.8. The summed E-state index contributed by atoms with van der Waals surface area (Å²) in [5.41, 5.74) is 2.15. The Kier molecular flexibility index (Phi) is 3.03. The zero-order chi connectivity index (χ0) is 14.3. The van der Waals surface area contributed by atoms with Gasteiger partial charge in [-0.3, -0.25) is 4.68 Å². The predicted molar refractivity (Wildman–Crippen MR) is 79.4 cm³/mol. The van der Waals surface area contributed by atoms with E-state index >= 15 is 0 Å². The average Bonchev–Trinajstić information content (AvgIpc) is 2.78. The third-order valence-electron chi connectivity index (χ3n) is 3.29. The molecule has 102 valence electrons. The quantitative estimate of drug-likeness (QED) is 0.783. The first-order chi connectivity index (χ1) is 9.61. The Morgan fingerprint density at radius 1 is 1.25 bits per heavy atom. The first-order valence-electron chi connectivity index (χ1n) is 6.10. The molecular formula is C15H13ClN2O2. The Hall–Kier alpha value is -2.20. The van der Waals surface area contributed by atoms with Crippen LogP contribution >= 0.6 is 11.6 Å². The standard InChI is InChI=1S/C15H13ClN2O2/c1-18-12-5-3-4-11(16)14(12)15(17-18)10-8-9(20-2)6-7-13(10)19/h3-8,19H,1-2H3. The van der Waals surface area contributed by atoms with Gasteiger partial charge in [0.15, 0.2) is 0 Å². The molecule has 0 saturated carbocycles. The largest absolute Gasteiger partial charge is 0.507 e. The van der Waals surface area contributed by atoms with Crippen LogP contribution < -0.4 is 4.74 Å². The van der Waals surface area contributed by atoms with Gasteiger partial charge in [-0.25, -0.2) is 0 Å². The molecule has 1 aromatic heterocycles. The van der Waals surface area contributed by atoms with Gasteiger partial charge in [0, 0.05) is 18.0 Å². The lowest BCUT2D eigenvalue weighted by Gasteiger charge is -2.06. The first-order valence-corrected chi connectivity index (χ1v) is 6.48. The van der Waals surface area contributed by atoms with Crippen molar-refractivity contribution in [2.75, 3.05) is 7.11 Å². The molecule has 4 nitrogen and oxygen atoms in total. The molecule has 0 spiro atoms. The summed E-state index contributed by atoms with van der Waals surface area (Å²) in [6, 6.07) is 10.7. The van der Waals surface area contributed by atoms with E-state index in [0.29, 0.717) is 22.0 Å². The van der Waals surface area contributed by atoms with Crippen molar-refractivity contribution in [1.29, 1.82) is 0 Å². The summed E-state index contributed by atoms with van der Waals surface area (Å²) < 4.78 is 6.95. The molecule has 3 aromatic rings. The van der Waals surface area contributed by atoms with Crippen molar-refractivity contribution in [3.8, 4) is 22.8 Å². The maximum atomic E-state index is 10.1. The summed E-state index contributed by atoms with van der Waals surface area (Å²) in [6.07, 6.45) is 0. The second kappa shape index (κ2) is 4.72. The van der Waals surface area contributed by atoms with Gasteiger partial charge < -0.3 is 9.84 Å². The molecule has 0 aliphatic carbocycles. The van der Waals surface area contributed by atoms with Gasteiger partial charge in [-0.2, -0.15) is 5.10 Å². The molecule has 1 N–H and O–H groups in total. The van der Waals surface area contributed by atoms with Crippen LogP contribution in [0.25, 0.3) is 22.2 Å². The third-order valence-corrected chi connectivity index (χ3v) is 3.60. The third kappa shape index (κ3) is 1.89. The Bertz CT molecular complexity index is 796. The number of phenols is 1. The number of ether oxygens (including phenoxy) is 1. The molecule has 0 radical (unpaired) electrons. The lowest BCUT2D eigenvalue weighted by molar-refractivity contribution is 0.412. The van der Waals surface area contributed by atoms with Crippen molar-refractivity contribution < 1.29 is 9.84 Å². The summed E-state index contributed by atoms with van der Waals surface area (Å²) in [4.78, 5) is 0. The number of benzene rings is 2. The van der Waals surface area contributed by atoms with Crippen molar-refractivity contribution in [3.05, 3.63) is 41.4 Å². The van der Waals surface area contributed by atoms with Gasteiger partial charge in [0.2, 0.25) is 0 Å². The van der Waals surface area contributed by atoms with Gasteiger partial charge in [0.25, 0.3) is 0 Å². The van der Waals surface area contributed by atoms with E-state index in [9.17, 15) is 5.11 Å². The Labute approximate surface area is 121 Å². The molecule has 0 amide bonds. The Balaban J connectivity index is 2.35. The van der Waals surface area contributed by atoms with E-state index in [4.69, 9.17) is 16.3 Å². The molecule has 5 heteroatoms. The van der Waals surface area contributed by atoms with Crippen molar-refractivity contribution in [1.82, 2.24) is 9.78 Å². The number of nitrogens with zero attached hydrogens (tertiary/aromatic N) is 2. The van der Waals surface area contributed by atoms with Crippen LogP contribution in [0.4, 0.5) is 0 Å². The highest BCUT2D eigenvalue weighted by atomic mass is 35.5. The van der Waals surface area contributed by atoms with E-state index in [1.54, 1.807) is 30.0 Å². The van der Waals surface area contributed by atoms with Crippen molar-refractivity contribution in [2.24, 2.45) is 7.05 Å². The number of hydrogen-bond acceptors (Lipinski definition) is 3. The Morgan fingerprint density at radius 3 is 2.80 bits per heavy atom. The average molecular weight is 289 g/mol. The number of aryl methyl sites for hydroxylation is 1. The van der Waals surface area contributed by atoms with Crippen molar-refractivity contribution in [3.63, 3.8) is 0 Å². The van der Waals surface area contributed by atoms with Crippen LogP contribution in [-0.4, -0.2) is 22.0 Å². The van der Waals surface area contributed by atoms with Crippen LogP contribution in [-0.2, 0) is 7.05 Å². The molecule has 3 rings (SSSR count). The van der Waals surface area contributed by atoms with E-state index in [-0.39, 0.29) is 5.75 Å². The van der Waals surface area contributed by atoms with Crippen molar-refractivity contribution in [2.45, 2.75) is 0 Å². The van der Waals surface area contributed by atoms with Gasteiger partial charge >= 0.3 is 0 Å². The minimum absolute atomic E-state index is 0.144. The van der Waals surface area contributed by atoms with Crippen LogP contribution in [0.1, 0.15) is 0 Å². The maximum Gasteiger partial charge on any atom is 0.125 e. The minimum Gasteiger partial charge on any atom is -0.507 e. The van der Waals surface area contributed by atoms with E-state index in [0.717, 1.165) is 10.9 Å². The van der Waals surface area contributed by atoms with E-state index < -0.39 is 0 Å². The molecular weight excluding hydrogens is 276 g/mol. The summed E-state index contributed by atoms with van der Waals surface area (Å²) >= 11 is 6.29. The molecule has 0 saturated heterocycles. The van der Waals surface area contributed by atoms with E-state index in [1.807, 2.05) is 25.2 Å². The fourth-order valence-corrected chi connectivity index (χ4v) is 2.55. The fraction of sp³-hybridized carbons (Fsp3) is 0.133. The van der Waals surface area contributed by atoms with Crippen LogP contribution in [0.15, 0.2) is 36.4 Å². The van der Waals surface area contributed by atoms with Gasteiger partial charge in [0.1, 0.15) is 17.2 Å². The van der Waals surface area contributed by atoms with Crippen LogP contribution in [0.5, 0.6) is 11.5 Å². The Morgan fingerprint density at radius 2 is 2.05 bits per heavy atom. The molecule has 0 bridgehead atoms. The van der Waals surface area contributed by atoms with Gasteiger partial charge in [-0.05, 0) is 30.3 Å². The zero-order valence-corrected chi connectivity index (χ0v) is 11.8. The normalized spacial score (nSPS) is 10.9. The molecule has 0 fully saturated rings. The molecule has 0 aliphatic heterocycles. The maximum absolute atomic E-state index is 10.1. The SMILES string of the molecule is COc1ccc(O)c(-c2nn(C)c3cccc(Cl)c23)c1. The second-order valence-electron chi connectivity index (χ2n) is 4.49. The summed E-state index contributed by atoms with van der Waals surface area (Å²) in [5, 5.41) is 16.0. The number of rotatable bonds is 2. The molecule has 0 unspecified atom stereocenters. The number of fused-ring (bicyclic) bond motifs is 1. The lowest BCUT2D eigenvalue weighted by Crippen LogP contribution is -1.90. The number of halogens is 1. The fourth-order valence-electron chi connectivity index (χ4n) is 2.29. The van der Waals surface area contributed by atoms with Crippen LogP contribution in [0.3, 0.4) is 0 Å². The van der Waals surface area contributed by atoms with Crippen LogP contribution in [0.2, 0.25) is 5.02 Å². The van der Waals surface area contributed by atoms with Gasteiger partial charge in [0.05, 0.1) is 17.6 Å². The van der Waals surface area contributed by atoms with Gasteiger partial charge in [-0.1, -0.05) is 17.7 Å². The van der Waals surface area contributed by atoms with Crippen molar-refractivity contribution >= 4 is 22.5 Å². The number of methoxy groups -OCH3 is 1.